The molecule has 0 amide bonds. The number of aliphatic hydroxyl groups excluding tert-OH is 1. The Morgan fingerprint density at radius 3 is 2.20 bits per heavy atom. The standard InChI is InChI=1S/C16H19NO3/c17-11-14-2-1-3-16(10-14)20-9-8-19-15-6-4-13(12-18)5-7-15/h1-7,10,18H,8-9,11-12,17H2. The number of ether oxygens (including phenoxy) is 2. The molecule has 0 unspecified atom stereocenters. The maximum Gasteiger partial charge on any atom is 0.122 e. The van der Waals surface area contributed by atoms with Crippen LogP contribution in [0.4, 0.5) is 0 Å². The monoisotopic (exact) mass is 273 g/mol. The Labute approximate surface area is 118 Å². The highest BCUT2D eigenvalue weighted by molar-refractivity contribution is 5.28. The second kappa shape index (κ2) is 7.53. The normalized spacial score (nSPS) is 10.3. The summed E-state index contributed by atoms with van der Waals surface area (Å²) in [7, 11) is 0. The van der Waals surface area contributed by atoms with Gasteiger partial charge in [-0.3, -0.25) is 0 Å². The van der Waals surface area contributed by atoms with Crippen molar-refractivity contribution in [1.82, 2.24) is 0 Å². The van der Waals surface area contributed by atoms with E-state index in [0.717, 1.165) is 22.6 Å². The fourth-order valence-corrected chi connectivity index (χ4v) is 1.77. The fourth-order valence-electron chi connectivity index (χ4n) is 1.77. The first-order valence-electron chi connectivity index (χ1n) is 6.56. The summed E-state index contributed by atoms with van der Waals surface area (Å²) in [4.78, 5) is 0. The van der Waals surface area contributed by atoms with Gasteiger partial charge in [-0.15, -0.1) is 0 Å². The van der Waals surface area contributed by atoms with Crippen LogP contribution < -0.4 is 15.2 Å². The second-order valence-electron chi connectivity index (χ2n) is 4.35. The fraction of sp³-hybridized carbons (Fsp3) is 0.250. The SMILES string of the molecule is NCc1cccc(OCCOc2ccc(CO)cc2)c1. The number of aliphatic hydroxyl groups is 1. The molecular formula is C16H19NO3. The van der Waals surface area contributed by atoms with Crippen molar-refractivity contribution in [3.8, 4) is 11.5 Å². The third-order valence-electron chi connectivity index (χ3n) is 2.86. The van der Waals surface area contributed by atoms with Gasteiger partial charge in [0.05, 0.1) is 6.61 Å². The molecule has 0 saturated carbocycles. The zero-order valence-electron chi connectivity index (χ0n) is 11.3. The van der Waals surface area contributed by atoms with Gasteiger partial charge in [-0.2, -0.15) is 0 Å². The second-order valence-corrected chi connectivity index (χ2v) is 4.35. The summed E-state index contributed by atoms with van der Waals surface area (Å²) < 4.78 is 11.1. The van der Waals surface area contributed by atoms with Crippen LogP contribution in [0.2, 0.25) is 0 Å². The smallest absolute Gasteiger partial charge is 0.122 e. The highest BCUT2D eigenvalue weighted by Crippen LogP contribution is 2.14. The minimum Gasteiger partial charge on any atom is -0.490 e. The first kappa shape index (κ1) is 14.4. The molecule has 0 aliphatic carbocycles. The van der Waals surface area contributed by atoms with Gasteiger partial charge in [-0.25, -0.2) is 0 Å². The highest BCUT2D eigenvalue weighted by Gasteiger charge is 1.97. The molecule has 0 aliphatic rings. The molecule has 0 spiro atoms. The molecule has 0 fully saturated rings. The molecule has 2 rings (SSSR count). The average Bonchev–Trinajstić information content (AvgIpc) is 2.52. The molecule has 0 saturated heterocycles. The van der Waals surface area contributed by atoms with Crippen molar-refractivity contribution in [2.45, 2.75) is 13.2 Å². The maximum atomic E-state index is 8.94. The Morgan fingerprint density at radius 2 is 1.55 bits per heavy atom. The molecule has 2 aromatic rings. The Bertz CT molecular complexity index is 526. The van der Waals surface area contributed by atoms with Gasteiger partial charge in [-0.05, 0) is 35.4 Å². The molecule has 3 N–H and O–H groups in total. The lowest BCUT2D eigenvalue weighted by atomic mass is 10.2. The van der Waals surface area contributed by atoms with Crippen LogP contribution in [0.3, 0.4) is 0 Å². The molecule has 0 aliphatic heterocycles. The van der Waals surface area contributed by atoms with Crippen molar-refractivity contribution in [3.63, 3.8) is 0 Å². The van der Waals surface area contributed by atoms with E-state index in [2.05, 4.69) is 0 Å². The third kappa shape index (κ3) is 4.26. The van der Waals surface area contributed by atoms with E-state index < -0.39 is 0 Å². The lowest BCUT2D eigenvalue weighted by Crippen LogP contribution is -2.09. The molecule has 0 bridgehead atoms. The van der Waals surface area contributed by atoms with E-state index in [-0.39, 0.29) is 6.61 Å². The summed E-state index contributed by atoms with van der Waals surface area (Å²) in [5.41, 5.74) is 7.49. The number of hydrogen-bond donors (Lipinski definition) is 2. The molecule has 0 radical (unpaired) electrons. The quantitative estimate of drug-likeness (QED) is 0.758. The van der Waals surface area contributed by atoms with Crippen LogP contribution >= 0.6 is 0 Å². The van der Waals surface area contributed by atoms with Crippen LogP contribution in [0.25, 0.3) is 0 Å². The van der Waals surface area contributed by atoms with E-state index >= 15 is 0 Å². The van der Waals surface area contributed by atoms with Crippen LogP contribution in [0.5, 0.6) is 11.5 Å². The Hall–Kier alpha value is -2.04. The van der Waals surface area contributed by atoms with Crippen LogP contribution in [0.15, 0.2) is 48.5 Å². The molecular weight excluding hydrogens is 254 g/mol. The lowest BCUT2D eigenvalue weighted by Gasteiger charge is -2.09. The predicted molar refractivity (Wildman–Crippen MR) is 77.7 cm³/mol. The van der Waals surface area contributed by atoms with E-state index in [9.17, 15) is 0 Å². The minimum atomic E-state index is 0.0425. The Morgan fingerprint density at radius 1 is 0.850 bits per heavy atom. The van der Waals surface area contributed by atoms with Crippen molar-refractivity contribution in [3.05, 3.63) is 59.7 Å². The van der Waals surface area contributed by atoms with Crippen LogP contribution in [0, 0.1) is 0 Å². The summed E-state index contributed by atoms with van der Waals surface area (Å²) in [6, 6.07) is 15.0. The zero-order chi connectivity index (χ0) is 14.2. The maximum absolute atomic E-state index is 8.94. The topological polar surface area (TPSA) is 64.7 Å². The van der Waals surface area contributed by atoms with Crippen molar-refractivity contribution >= 4 is 0 Å². The Kier molecular flexibility index (Phi) is 5.41. The van der Waals surface area contributed by atoms with Gasteiger partial charge in [0.2, 0.25) is 0 Å². The van der Waals surface area contributed by atoms with Crippen LogP contribution in [-0.4, -0.2) is 18.3 Å². The number of benzene rings is 2. The molecule has 2 aromatic carbocycles. The van der Waals surface area contributed by atoms with E-state index in [1.807, 2.05) is 48.5 Å². The summed E-state index contributed by atoms with van der Waals surface area (Å²) in [5.74, 6) is 1.56. The molecule has 4 heteroatoms. The zero-order valence-corrected chi connectivity index (χ0v) is 11.3. The van der Waals surface area contributed by atoms with E-state index in [1.54, 1.807) is 0 Å². The Balaban J connectivity index is 1.75. The summed E-state index contributed by atoms with van der Waals surface area (Å²) in [5, 5.41) is 8.94. The summed E-state index contributed by atoms with van der Waals surface area (Å²) >= 11 is 0. The summed E-state index contributed by atoms with van der Waals surface area (Å²) in [6.45, 7) is 1.48. The van der Waals surface area contributed by atoms with Crippen molar-refractivity contribution in [2.24, 2.45) is 5.73 Å². The van der Waals surface area contributed by atoms with Gasteiger partial charge in [0.15, 0.2) is 0 Å². The largest absolute Gasteiger partial charge is 0.490 e. The molecule has 0 aromatic heterocycles. The predicted octanol–water partition coefficient (Wildman–Crippen LogP) is 2.10. The van der Waals surface area contributed by atoms with Crippen molar-refractivity contribution in [2.75, 3.05) is 13.2 Å². The highest BCUT2D eigenvalue weighted by atomic mass is 16.5. The first-order valence-corrected chi connectivity index (χ1v) is 6.56. The van der Waals surface area contributed by atoms with Gasteiger partial charge in [0.1, 0.15) is 24.7 Å². The van der Waals surface area contributed by atoms with Crippen LogP contribution in [-0.2, 0) is 13.2 Å². The number of nitrogens with two attached hydrogens (primary N) is 1. The van der Waals surface area contributed by atoms with Gasteiger partial charge in [-0.1, -0.05) is 24.3 Å². The van der Waals surface area contributed by atoms with E-state index in [1.165, 1.54) is 0 Å². The molecule has 0 heterocycles. The van der Waals surface area contributed by atoms with Crippen molar-refractivity contribution < 1.29 is 14.6 Å². The van der Waals surface area contributed by atoms with Gasteiger partial charge >= 0.3 is 0 Å². The summed E-state index contributed by atoms with van der Waals surface area (Å²) in [6.07, 6.45) is 0. The lowest BCUT2D eigenvalue weighted by molar-refractivity contribution is 0.217. The molecule has 106 valence electrons. The van der Waals surface area contributed by atoms with E-state index in [0.29, 0.717) is 19.8 Å². The minimum absolute atomic E-state index is 0.0425. The third-order valence-corrected chi connectivity index (χ3v) is 2.86. The first-order chi connectivity index (χ1) is 9.81. The van der Waals surface area contributed by atoms with E-state index in [4.69, 9.17) is 20.3 Å². The van der Waals surface area contributed by atoms with Gasteiger partial charge in [0.25, 0.3) is 0 Å². The average molecular weight is 273 g/mol. The number of hydrogen-bond acceptors (Lipinski definition) is 4. The molecule has 0 atom stereocenters. The van der Waals surface area contributed by atoms with Gasteiger partial charge in [0, 0.05) is 6.54 Å². The van der Waals surface area contributed by atoms with Crippen molar-refractivity contribution in [1.29, 1.82) is 0 Å². The van der Waals surface area contributed by atoms with Crippen LogP contribution in [0.1, 0.15) is 11.1 Å². The van der Waals surface area contributed by atoms with Gasteiger partial charge < -0.3 is 20.3 Å². The molecule has 20 heavy (non-hydrogen) atoms. The molecule has 4 nitrogen and oxygen atoms in total. The number of rotatable bonds is 7.